The minimum Gasteiger partial charge on any atom is -0.478 e. The first-order chi connectivity index (χ1) is 8.40. The van der Waals surface area contributed by atoms with Gasteiger partial charge in [0.05, 0.1) is 4.92 Å². The Hall–Kier alpha value is -2.70. The molecule has 18 heavy (non-hydrogen) atoms. The molecule has 1 rings (SSSR count). The van der Waals surface area contributed by atoms with E-state index >= 15 is 0 Å². The smallest absolute Gasteiger partial charge is 0.328 e. The molecule has 0 radical (unpaired) electrons. The third kappa shape index (κ3) is 3.71. The molecule has 0 aliphatic heterocycles. The summed E-state index contributed by atoms with van der Waals surface area (Å²) in [5, 5.41) is 21.3. The van der Waals surface area contributed by atoms with Crippen LogP contribution in [-0.2, 0) is 9.59 Å². The van der Waals surface area contributed by atoms with Crippen molar-refractivity contribution in [1.82, 2.24) is 0 Å². The highest BCUT2D eigenvalue weighted by molar-refractivity contribution is 6.02. The maximum absolute atomic E-state index is 11.3. The zero-order valence-corrected chi connectivity index (χ0v) is 9.41. The number of anilines is 1. The number of nitro groups is 1. The van der Waals surface area contributed by atoms with Crippen molar-refractivity contribution in [2.24, 2.45) is 0 Å². The number of carbonyl (C=O) groups excluding carboxylic acids is 1. The topological polar surface area (TPSA) is 110 Å². The number of hydrogen-bond acceptors (Lipinski definition) is 4. The quantitative estimate of drug-likeness (QED) is 0.477. The maximum atomic E-state index is 11.3. The molecule has 0 saturated heterocycles. The number of benzene rings is 1. The number of nitrogens with one attached hydrogen (secondary N) is 1. The predicted octanol–water partition coefficient (Wildman–Crippen LogP) is 1.48. The molecule has 0 aromatic heterocycles. The van der Waals surface area contributed by atoms with Gasteiger partial charge in [0.1, 0.15) is 0 Å². The normalized spacial score (nSPS) is 10.3. The molecule has 7 nitrogen and oxygen atoms in total. The summed E-state index contributed by atoms with van der Waals surface area (Å²) >= 11 is 0. The Balaban J connectivity index is 2.83. The molecule has 1 aromatic carbocycles. The maximum Gasteiger partial charge on any atom is 0.328 e. The molecular weight excluding hydrogens is 240 g/mol. The van der Waals surface area contributed by atoms with Crippen molar-refractivity contribution in [2.75, 3.05) is 5.32 Å². The van der Waals surface area contributed by atoms with Gasteiger partial charge in [-0.15, -0.1) is 0 Å². The van der Waals surface area contributed by atoms with Gasteiger partial charge in [0.2, 0.25) is 5.91 Å². The molecule has 0 bridgehead atoms. The number of carboxylic acid groups (broad SMARTS) is 1. The summed E-state index contributed by atoms with van der Waals surface area (Å²) in [6.07, 6.45) is 1.57. The highest BCUT2D eigenvalue weighted by Crippen LogP contribution is 2.20. The van der Waals surface area contributed by atoms with E-state index in [0.29, 0.717) is 17.3 Å². The van der Waals surface area contributed by atoms with E-state index in [1.165, 1.54) is 18.2 Å². The van der Waals surface area contributed by atoms with Gasteiger partial charge in [-0.3, -0.25) is 14.9 Å². The second kappa shape index (κ2) is 5.58. The van der Waals surface area contributed by atoms with Crippen LogP contribution >= 0.6 is 0 Å². The number of carboxylic acids is 1. The van der Waals surface area contributed by atoms with Gasteiger partial charge in [0.15, 0.2) is 0 Å². The molecular formula is C11H10N2O5. The minimum absolute atomic E-state index is 0.0772. The van der Waals surface area contributed by atoms with Gasteiger partial charge < -0.3 is 10.4 Å². The highest BCUT2D eigenvalue weighted by atomic mass is 16.6. The van der Waals surface area contributed by atoms with Gasteiger partial charge in [-0.25, -0.2) is 4.79 Å². The van der Waals surface area contributed by atoms with Gasteiger partial charge in [-0.2, -0.15) is 0 Å². The van der Waals surface area contributed by atoms with E-state index in [1.807, 2.05) is 0 Å². The molecule has 2 N–H and O–H groups in total. The van der Waals surface area contributed by atoms with Crippen molar-refractivity contribution in [3.8, 4) is 0 Å². The zero-order valence-electron chi connectivity index (χ0n) is 9.41. The number of aryl methyl sites for hydroxylation is 1. The van der Waals surface area contributed by atoms with E-state index in [0.717, 1.165) is 6.08 Å². The lowest BCUT2D eigenvalue weighted by Crippen LogP contribution is -2.09. The van der Waals surface area contributed by atoms with Crippen LogP contribution in [0.25, 0.3) is 0 Å². The molecule has 7 heteroatoms. The van der Waals surface area contributed by atoms with E-state index in [9.17, 15) is 19.7 Å². The molecule has 0 atom stereocenters. The van der Waals surface area contributed by atoms with Gasteiger partial charge in [-0.1, -0.05) is 0 Å². The summed E-state index contributed by atoms with van der Waals surface area (Å²) in [5.74, 6) is -1.85. The summed E-state index contributed by atoms with van der Waals surface area (Å²) in [4.78, 5) is 31.5. The Morgan fingerprint density at radius 3 is 2.56 bits per heavy atom. The van der Waals surface area contributed by atoms with Crippen molar-refractivity contribution in [2.45, 2.75) is 6.92 Å². The lowest BCUT2D eigenvalue weighted by molar-refractivity contribution is -0.384. The Morgan fingerprint density at radius 2 is 2.06 bits per heavy atom. The molecule has 94 valence electrons. The van der Waals surface area contributed by atoms with Crippen LogP contribution in [0.2, 0.25) is 0 Å². The van der Waals surface area contributed by atoms with Crippen LogP contribution < -0.4 is 5.32 Å². The van der Waals surface area contributed by atoms with Crippen LogP contribution in [0.5, 0.6) is 0 Å². The van der Waals surface area contributed by atoms with Crippen LogP contribution in [0.1, 0.15) is 5.56 Å². The molecule has 0 fully saturated rings. The lowest BCUT2D eigenvalue weighted by atomic mass is 10.2. The SMILES string of the molecule is Cc1cc([N+](=O)[O-])ccc1NC(=O)/C=C/C(=O)O. The van der Waals surface area contributed by atoms with Gasteiger partial charge >= 0.3 is 5.97 Å². The van der Waals surface area contributed by atoms with Crippen molar-refractivity contribution >= 4 is 23.3 Å². The van der Waals surface area contributed by atoms with E-state index in [4.69, 9.17) is 5.11 Å². The van der Waals surface area contributed by atoms with Crippen LogP contribution in [0.15, 0.2) is 30.4 Å². The highest BCUT2D eigenvalue weighted by Gasteiger charge is 2.09. The summed E-state index contributed by atoms with van der Waals surface area (Å²) in [7, 11) is 0. The summed E-state index contributed by atoms with van der Waals surface area (Å²) in [6.45, 7) is 1.60. The second-order valence-corrected chi connectivity index (χ2v) is 3.42. The summed E-state index contributed by atoms with van der Waals surface area (Å²) in [6, 6.07) is 3.96. The molecule has 0 saturated carbocycles. The Kier molecular flexibility index (Phi) is 4.14. The zero-order chi connectivity index (χ0) is 13.7. The molecule has 1 amide bonds. The predicted molar refractivity (Wildman–Crippen MR) is 63.2 cm³/mol. The number of nitro benzene ring substituents is 1. The summed E-state index contributed by atoms with van der Waals surface area (Å²) < 4.78 is 0. The molecule has 0 unspecified atom stereocenters. The largest absolute Gasteiger partial charge is 0.478 e. The van der Waals surface area contributed by atoms with E-state index in [1.54, 1.807) is 6.92 Å². The Labute approximate surface area is 102 Å². The van der Waals surface area contributed by atoms with E-state index in [-0.39, 0.29) is 5.69 Å². The number of amides is 1. The van der Waals surface area contributed by atoms with Gasteiger partial charge in [0, 0.05) is 30.0 Å². The number of nitrogens with zero attached hydrogens (tertiary/aromatic N) is 1. The number of rotatable bonds is 4. The first-order valence-corrected chi connectivity index (χ1v) is 4.87. The van der Waals surface area contributed by atoms with Crippen molar-refractivity contribution in [1.29, 1.82) is 0 Å². The molecule has 0 spiro atoms. The lowest BCUT2D eigenvalue weighted by Gasteiger charge is -2.05. The fourth-order valence-corrected chi connectivity index (χ4v) is 1.22. The number of aliphatic carboxylic acids is 1. The minimum atomic E-state index is -1.23. The monoisotopic (exact) mass is 250 g/mol. The first-order valence-electron chi connectivity index (χ1n) is 4.87. The van der Waals surface area contributed by atoms with Crippen molar-refractivity contribution in [3.63, 3.8) is 0 Å². The Morgan fingerprint density at radius 1 is 1.39 bits per heavy atom. The molecule has 0 aliphatic carbocycles. The van der Waals surface area contributed by atoms with Crippen LogP contribution in [0.3, 0.4) is 0 Å². The Bertz CT molecular complexity index is 536. The van der Waals surface area contributed by atoms with E-state index < -0.39 is 16.8 Å². The molecule has 1 aromatic rings. The standard InChI is InChI=1S/C11H10N2O5/c1-7-6-8(13(17)18)2-3-9(7)12-10(14)4-5-11(15)16/h2-6H,1H3,(H,12,14)(H,15,16)/b5-4+. The van der Waals surface area contributed by atoms with Crippen LogP contribution in [0, 0.1) is 17.0 Å². The van der Waals surface area contributed by atoms with Crippen molar-refractivity contribution in [3.05, 3.63) is 46.0 Å². The fourth-order valence-electron chi connectivity index (χ4n) is 1.22. The van der Waals surface area contributed by atoms with Gasteiger partial charge in [-0.05, 0) is 18.6 Å². The number of non-ortho nitro benzene ring substituents is 1. The number of carbonyl (C=O) groups is 2. The van der Waals surface area contributed by atoms with Crippen molar-refractivity contribution < 1.29 is 19.6 Å². The third-order valence-corrected chi connectivity index (χ3v) is 2.06. The molecule has 0 heterocycles. The molecule has 0 aliphatic rings. The van der Waals surface area contributed by atoms with Crippen LogP contribution in [0.4, 0.5) is 11.4 Å². The fraction of sp³-hybridized carbons (Fsp3) is 0.0909. The third-order valence-electron chi connectivity index (χ3n) is 2.06. The number of hydrogen-bond donors (Lipinski definition) is 2. The van der Waals surface area contributed by atoms with Gasteiger partial charge in [0.25, 0.3) is 5.69 Å². The first kappa shape index (κ1) is 13.4. The average molecular weight is 250 g/mol. The average Bonchev–Trinajstić information content (AvgIpc) is 2.29. The summed E-state index contributed by atoms with van der Waals surface area (Å²) in [5.41, 5.74) is 0.827. The van der Waals surface area contributed by atoms with E-state index in [2.05, 4.69) is 5.32 Å². The van der Waals surface area contributed by atoms with Crippen LogP contribution in [-0.4, -0.2) is 21.9 Å². The second-order valence-electron chi connectivity index (χ2n) is 3.42.